The number of sulfonamides is 1. The Morgan fingerprint density at radius 2 is 2.17 bits per heavy atom. The number of ether oxygens (including phenoxy) is 2. The molecule has 0 aromatic heterocycles. The van der Waals surface area contributed by atoms with Gasteiger partial charge in [-0.05, 0) is 44.4 Å². The van der Waals surface area contributed by atoms with E-state index in [2.05, 4.69) is 0 Å². The molecule has 2 atom stereocenters. The lowest BCUT2D eigenvalue weighted by Crippen LogP contribution is -2.40. The van der Waals surface area contributed by atoms with Gasteiger partial charge in [0.2, 0.25) is 0 Å². The summed E-state index contributed by atoms with van der Waals surface area (Å²) in [4.78, 5) is 11.8. The third-order valence-electron chi connectivity index (χ3n) is 3.59. The molecule has 6 nitrogen and oxygen atoms in total. The molecular formula is C15H19Cl2NO5S. The first-order valence-corrected chi connectivity index (χ1v) is 9.78. The first-order chi connectivity index (χ1) is 11.3. The van der Waals surface area contributed by atoms with Gasteiger partial charge in [0.25, 0.3) is 15.9 Å². The molecule has 1 aromatic carbocycles. The molecule has 1 amide bonds. The maximum atomic E-state index is 12.3. The zero-order chi connectivity index (χ0) is 17.7. The number of halogens is 2. The highest BCUT2D eigenvalue weighted by atomic mass is 35.5. The largest absolute Gasteiger partial charge is 0.376 e. The fourth-order valence-corrected chi connectivity index (χ4v) is 4.03. The summed E-state index contributed by atoms with van der Waals surface area (Å²) < 4.78 is 37.4. The van der Waals surface area contributed by atoms with Gasteiger partial charge in [0.1, 0.15) is 11.0 Å². The van der Waals surface area contributed by atoms with Gasteiger partial charge >= 0.3 is 0 Å². The van der Waals surface area contributed by atoms with Crippen molar-refractivity contribution in [2.45, 2.75) is 43.3 Å². The van der Waals surface area contributed by atoms with Crippen LogP contribution in [0.4, 0.5) is 0 Å². The van der Waals surface area contributed by atoms with E-state index in [-0.39, 0.29) is 27.7 Å². The van der Waals surface area contributed by atoms with Gasteiger partial charge in [0.05, 0.1) is 17.7 Å². The minimum absolute atomic E-state index is 0.0242. The number of carbonyl (C=O) groups is 1. The molecule has 0 bridgehead atoms. The van der Waals surface area contributed by atoms with E-state index in [9.17, 15) is 13.2 Å². The van der Waals surface area contributed by atoms with Gasteiger partial charge in [-0.3, -0.25) is 4.79 Å². The van der Waals surface area contributed by atoms with Crippen molar-refractivity contribution in [3.05, 3.63) is 28.2 Å². The molecule has 0 spiro atoms. The Labute approximate surface area is 151 Å². The molecule has 0 saturated carbocycles. The maximum absolute atomic E-state index is 12.3. The quantitative estimate of drug-likeness (QED) is 0.800. The lowest BCUT2D eigenvalue weighted by molar-refractivity contribution is -0.133. The Morgan fingerprint density at radius 1 is 1.42 bits per heavy atom. The molecule has 1 aliphatic heterocycles. The molecular weight excluding hydrogens is 377 g/mol. The van der Waals surface area contributed by atoms with Gasteiger partial charge in [0.15, 0.2) is 0 Å². The molecule has 1 aliphatic rings. The van der Waals surface area contributed by atoms with Gasteiger partial charge in [-0.2, -0.15) is 0 Å². The predicted molar refractivity (Wildman–Crippen MR) is 90.8 cm³/mol. The van der Waals surface area contributed by atoms with Crippen LogP contribution in [-0.4, -0.2) is 39.7 Å². The number of carbonyl (C=O) groups excluding carboxylic acids is 1. The summed E-state index contributed by atoms with van der Waals surface area (Å²) in [5, 5.41) is 0.176. The van der Waals surface area contributed by atoms with Crippen LogP contribution in [0.25, 0.3) is 0 Å². The van der Waals surface area contributed by atoms with E-state index in [1.54, 1.807) is 0 Å². The number of benzene rings is 1. The summed E-state index contributed by atoms with van der Waals surface area (Å²) in [6.07, 6.45) is 1.93. The van der Waals surface area contributed by atoms with Crippen LogP contribution < -0.4 is 4.72 Å². The second-order valence-corrected chi connectivity index (χ2v) is 8.00. The molecule has 9 heteroatoms. The smallest absolute Gasteiger partial charge is 0.265 e. The Balaban J connectivity index is 1.95. The van der Waals surface area contributed by atoms with E-state index in [4.69, 9.17) is 32.7 Å². The highest BCUT2D eigenvalue weighted by Gasteiger charge is 2.25. The zero-order valence-electron chi connectivity index (χ0n) is 13.1. The fourth-order valence-electron chi connectivity index (χ4n) is 2.22. The standard InChI is InChI=1S/C15H19Cl2NO5S/c1-10(23-9-12-4-2-3-7-22-12)15(19)18-24(20,21)14-8-11(16)5-6-13(14)17/h5-6,8,10,12H,2-4,7,9H2,1H3,(H,18,19)/t10-,12-/m1/s1. The van der Waals surface area contributed by atoms with Crippen molar-refractivity contribution in [2.24, 2.45) is 0 Å². The molecule has 1 fully saturated rings. The minimum Gasteiger partial charge on any atom is -0.376 e. The van der Waals surface area contributed by atoms with Gasteiger partial charge in [0, 0.05) is 11.6 Å². The third kappa shape index (κ3) is 5.32. The maximum Gasteiger partial charge on any atom is 0.265 e. The third-order valence-corrected chi connectivity index (χ3v) is 5.66. The number of rotatable bonds is 6. The van der Waals surface area contributed by atoms with Crippen molar-refractivity contribution in [1.82, 2.24) is 4.72 Å². The normalized spacial score (nSPS) is 19.7. The van der Waals surface area contributed by atoms with Gasteiger partial charge in [-0.25, -0.2) is 13.1 Å². The van der Waals surface area contributed by atoms with Gasteiger partial charge in [-0.1, -0.05) is 23.2 Å². The van der Waals surface area contributed by atoms with Crippen LogP contribution in [0.1, 0.15) is 26.2 Å². The Hall–Kier alpha value is -0.860. The Morgan fingerprint density at radius 3 is 2.83 bits per heavy atom. The molecule has 0 unspecified atom stereocenters. The first kappa shape index (κ1) is 19.5. The highest BCUT2D eigenvalue weighted by molar-refractivity contribution is 7.90. The molecule has 1 N–H and O–H groups in total. The second kappa shape index (κ2) is 8.49. The average molecular weight is 396 g/mol. The topological polar surface area (TPSA) is 81.7 Å². The molecule has 0 aliphatic carbocycles. The molecule has 1 saturated heterocycles. The summed E-state index contributed by atoms with van der Waals surface area (Å²) >= 11 is 11.7. The Kier molecular flexibility index (Phi) is 6.88. The van der Waals surface area contributed by atoms with Crippen molar-refractivity contribution < 1.29 is 22.7 Å². The minimum atomic E-state index is -4.13. The van der Waals surface area contributed by atoms with E-state index < -0.39 is 22.0 Å². The van der Waals surface area contributed by atoms with E-state index >= 15 is 0 Å². The Bertz CT molecular complexity index is 689. The van der Waals surface area contributed by atoms with Crippen molar-refractivity contribution >= 4 is 39.1 Å². The van der Waals surface area contributed by atoms with Crippen molar-refractivity contribution in [3.8, 4) is 0 Å². The van der Waals surface area contributed by atoms with E-state index in [0.717, 1.165) is 19.3 Å². The van der Waals surface area contributed by atoms with E-state index in [1.807, 2.05) is 4.72 Å². The summed E-state index contributed by atoms with van der Waals surface area (Å²) in [7, 11) is -4.13. The monoisotopic (exact) mass is 395 g/mol. The van der Waals surface area contributed by atoms with Crippen molar-refractivity contribution in [1.29, 1.82) is 0 Å². The number of nitrogens with one attached hydrogen (secondary N) is 1. The molecule has 2 rings (SSSR count). The lowest BCUT2D eigenvalue weighted by atomic mass is 10.1. The number of hydrogen-bond acceptors (Lipinski definition) is 5. The van der Waals surface area contributed by atoms with Crippen LogP contribution in [0, 0.1) is 0 Å². The van der Waals surface area contributed by atoms with Crippen LogP contribution in [-0.2, 0) is 24.3 Å². The van der Waals surface area contributed by atoms with Gasteiger partial charge < -0.3 is 9.47 Å². The number of amides is 1. The highest BCUT2D eigenvalue weighted by Crippen LogP contribution is 2.24. The molecule has 24 heavy (non-hydrogen) atoms. The molecule has 1 heterocycles. The molecule has 0 radical (unpaired) electrons. The summed E-state index contributed by atoms with van der Waals surface area (Å²) in [6, 6.07) is 3.99. The van der Waals surface area contributed by atoms with Crippen LogP contribution in [0.3, 0.4) is 0 Å². The average Bonchev–Trinajstić information content (AvgIpc) is 2.55. The molecule has 1 aromatic rings. The van der Waals surface area contributed by atoms with Crippen LogP contribution in [0.2, 0.25) is 10.0 Å². The van der Waals surface area contributed by atoms with Crippen molar-refractivity contribution in [3.63, 3.8) is 0 Å². The van der Waals surface area contributed by atoms with Crippen LogP contribution in [0.15, 0.2) is 23.1 Å². The predicted octanol–water partition coefficient (Wildman–Crippen LogP) is 2.77. The fraction of sp³-hybridized carbons (Fsp3) is 0.533. The zero-order valence-corrected chi connectivity index (χ0v) is 15.5. The lowest BCUT2D eigenvalue weighted by Gasteiger charge is -2.23. The van der Waals surface area contributed by atoms with Crippen LogP contribution in [0.5, 0.6) is 0 Å². The summed E-state index contributed by atoms with van der Waals surface area (Å²) in [5.41, 5.74) is 0. The summed E-state index contributed by atoms with van der Waals surface area (Å²) in [5.74, 6) is -0.776. The van der Waals surface area contributed by atoms with Gasteiger partial charge in [-0.15, -0.1) is 0 Å². The van der Waals surface area contributed by atoms with Crippen molar-refractivity contribution in [2.75, 3.05) is 13.2 Å². The van der Waals surface area contributed by atoms with Crippen LogP contribution >= 0.6 is 23.2 Å². The SMILES string of the molecule is C[C@@H](OC[C@H]1CCCCO1)C(=O)NS(=O)(=O)c1cc(Cl)ccc1Cl. The number of hydrogen-bond donors (Lipinski definition) is 1. The summed E-state index contributed by atoms with van der Waals surface area (Å²) in [6.45, 7) is 2.40. The first-order valence-electron chi connectivity index (χ1n) is 7.54. The van der Waals surface area contributed by atoms with E-state index in [0.29, 0.717) is 6.61 Å². The van der Waals surface area contributed by atoms with E-state index in [1.165, 1.54) is 25.1 Å². The second-order valence-electron chi connectivity index (χ2n) is 5.51. The molecule has 134 valence electrons.